The molecule has 4 rings (SSSR count). The van der Waals surface area contributed by atoms with Gasteiger partial charge in [-0.15, -0.1) is 0 Å². The SMILES string of the molecule is Cn1ccnc1[C@@H]1[C@@H](C(=O)NCCc2ccc[nH]2)CCC(=O)N1C1CC1. The Bertz CT molecular complexity index is 778. The number of hydrogen-bond donors (Lipinski definition) is 2. The summed E-state index contributed by atoms with van der Waals surface area (Å²) in [5, 5.41) is 3.06. The zero-order valence-corrected chi connectivity index (χ0v) is 15.0. The average Bonchev–Trinajstić information content (AvgIpc) is 3.15. The first-order valence-electron chi connectivity index (χ1n) is 9.33. The summed E-state index contributed by atoms with van der Waals surface area (Å²) in [4.78, 5) is 35.1. The Morgan fingerprint density at radius 3 is 2.88 bits per heavy atom. The molecule has 2 amide bonds. The third kappa shape index (κ3) is 3.25. The minimum atomic E-state index is -0.269. The predicted octanol–water partition coefficient (Wildman–Crippen LogP) is 1.55. The van der Waals surface area contributed by atoms with Crippen molar-refractivity contribution < 1.29 is 9.59 Å². The lowest BCUT2D eigenvalue weighted by atomic mass is 9.86. The maximum atomic E-state index is 12.9. The molecule has 1 saturated carbocycles. The molecule has 2 aliphatic rings. The summed E-state index contributed by atoms with van der Waals surface area (Å²) in [7, 11) is 1.92. The van der Waals surface area contributed by atoms with Gasteiger partial charge >= 0.3 is 0 Å². The van der Waals surface area contributed by atoms with E-state index in [0.717, 1.165) is 30.8 Å². The predicted molar refractivity (Wildman–Crippen MR) is 96.0 cm³/mol. The molecule has 26 heavy (non-hydrogen) atoms. The zero-order valence-electron chi connectivity index (χ0n) is 15.0. The fraction of sp³-hybridized carbons (Fsp3) is 0.526. The highest BCUT2D eigenvalue weighted by atomic mass is 16.2. The molecular formula is C19H25N5O2. The van der Waals surface area contributed by atoms with Gasteiger partial charge in [0.05, 0.1) is 5.92 Å². The van der Waals surface area contributed by atoms with Crippen molar-refractivity contribution in [1.82, 2.24) is 24.8 Å². The highest BCUT2D eigenvalue weighted by Gasteiger charge is 2.47. The molecule has 0 bridgehead atoms. The molecule has 2 N–H and O–H groups in total. The van der Waals surface area contributed by atoms with Gasteiger partial charge in [-0.1, -0.05) is 0 Å². The largest absolute Gasteiger partial charge is 0.365 e. The molecule has 1 aliphatic heterocycles. The van der Waals surface area contributed by atoms with E-state index in [4.69, 9.17) is 0 Å². The second-order valence-electron chi connectivity index (χ2n) is 7.25. The van der Waals surface area contributed by atoms with E-state index in [2.05, 4.69) is 15.3 Å². The second kappa shape index (κ2) is 6.97. The first-order chi connectivity index (χ1) is 12.6. The highest BCUT2D eigenvalue weighted by Crippen LogP contribution is 2.42. The molecule has 3 heterocycles. The first kappa shape index (κ1) is 16.9. The number of rotatable bonds is 6. The van der Waals surface area contributed by atoms with Gasteiger partial charge in [0, 0.05) is 56.8 Å². The van der Waals surface area contributed by atoms with Gasteiger partial charge in [-0.2, -0.15) is 0 Å². The van der Waals surface area contributed by atoms with Crippen LogP contribution in [0.15, 0.2) is 30.7 Å². The van der Waals surface area contributed by atoms with Crippen LogP contribution in [0.5, 0.6) is 0 Å². The second-order valence-corrected chi connectivity index (χ2v) is 7.25. The van der Waals surface area contributed by atoms with Gasteiger partial charge in [-0.25, -0.2) is 4.98 Å². The number of carbonyl (C=O) groups excluding carboxylic acids is 2. The number of aryl methyl sites for hydroxylation is 1. The number of aromatic amines is 1. The van der Waals surface area contributed by atoms with Crippen molar-refractivity contribution in [1.29, 1.82) is 0 Å². The minimum absolute atomic E-state index is 0.0164. The van der Waals surface area contributed by atoms with Crippen LogP contribution in [0.25, 0.3) is 0 Å². The van der Waals surface area contributed by atoms with Crippen LogP contribution in [0.1, 0.15) is 43.2 Å². The summed E-state index contributed by atoms with van der Waals surface area (Å²) in [6.07, 6.45) is 9.32. The number of amides is 2. The fourth-order valence-electron chi connectivity index (χ4n) is 3.91. The lowest BCUT2D eigenvalue weighted by molar-refractivity contribution is -0.144. The summed E-state index contributed by atoms with van der Waals surface area (Å²) >= 11 is 0. The number of nitrogens with one attached hydrogen (secondary N) is 2. The van der Waals surface area contributed by atoms with E-state index >= 15 is 0 Å². The van der Waals surface area contributed by atoms with E-state index in [9.17, 15) is 9.59 Å². The summed E-state index contributed by atoms with van der Waals surface area (Å²) < 4.78 is 1.93. The van der Waals surface area contributed by atoms with Gasteiger partial charge in [0.1, 0.15) is 11.9 Å². The molecule has 0 unspecified atom stereocenters. The molecule has 2 atom stereocenters. The fourth-order valence-corrected chi connectivity index (χ4v) is 3.91. The van der Waals surface area contributed by atoms with E-state index in [-0.39, 0.29) is 29.8 Å². The Morgan fingerprint density at radius 1 is 1.38 bits per heavy atom. The molecule has 2 aromatic heterocycles. The Hall–Kier alpha value is -2.57. The van der Waals surface area contributed by atoms with Gasteiger partial charge < -0.3 is 19.8 Å². The Kier molecular flexibility index (Phi) is 4.53. The molecule has 0 aromatic carbocycles. The van der Waals surface area contributed by atoms with Crippen LogP contribution in [0.3, 0.4) is 0 Å². The van der Waals surface area contributed by atoms with Crippen LogP contribution >= 0.6 is 0 Å². The van der Waals surface area contributed by atoms with Crippen molar-refractivity contribution in [3.05, 3.63) is 42.2 Å². The third-order valence-corrected chi connectivity index (χ3v) is 5.39. The number of carbonyl (C=O) groups is 2. The maximum Gasteiger partial charge on any atom is 0.225 e. The molecule has 7 nitrogen and oxygen atoms in total. The van der Waals surface area contributed by atoms with E-state index in [1.165, 1.54) is 0 Å². The molecule has 0 radical (unpaired) electrons. The summed E-state index contributed by atoms with van der Waals surface area (Å²) in [6, 6.07) is 3.96. The Morgan fingerprint density at radius 2 is 2.23 bits per heavy atom. The summed E-state index contributed by atoms with van der Waals surface area (Å²) in [5.41, 5.74) is 1.10. The van der Waals surface area contributed by atoms with Crippen LogP contribution in [0.2, 0.25) is 0 Å². The van der Waals surface area contributed by atoms with Gasteiger partial charge in [0.2, 0.25) is 11.8 Å². The molecular weight excluding hydrogens is 330 g/mol. The molecule has 1 saturated heterocycles. The molecule has 7 heteroatoms. The molecule has 2 aromatic rings. The summed E-state index contributed by atoms with van der Waals surface area (Å²) in [5.74, 6) is 0.714. The highest BCUT2D eigenvalue weighted by molar-refractivity contribution is 5.85. The molecule has 138 valence electrons. The number of aromatic nitrogens is 3. The number of piperidine rings is 1. The van der Waals surface area contributed by atoms with Crippen molar-refractivity contribution in [2.45, 2.75) is 44.2 Å². The monoisotopic (exact) mass is 355 g/mol. The summed E-state index contributed by atoms with van der Waals surface area (Å²) in [6.45, 7) is 0.584. The van der Waals surface area contributed by atoms with Crippen molar-refractivity contribution >= 4 is 11.8 Å². The number of imidazole rings is 1. The van der Waals surface area contributed by atoms with E-state index in [1.54, 1.807) is 6.20 Å². The number of H-pyrrole nitrogens is 1. The quantitative estimate of drug-likeness (QED) is 0.825. The maximum absolute atomic E-state index is 12.9. The number of hydrogen-bond acceptors (Lipinski definition) is 3. The number of likely N-dealkylation sites (tertiary alicyclic amines) is 1. The Labute approximate surface area is 152 Å². The van der Waals surface area contributed by atoms with Crippen LogP contribution in [-0.4, -0.2) is 43.8 Å². The van der Waals surface area contributed by atoms with Crippen molar-refractivity contribution in [3.8, 4) is 0 Å². The van der Waals surface area contributed by atoms with Crippen LogP contribution in [0.4, 0.5) is 0 Å². The molecule has 2 fully saturated rings. The topological polar surface area (TPSA) is 83.0 Å². The van der Waals surface area contributed by atoms with Gasteiger partial charge in [-0.3, -0.25) is 9.59 Å². The average molecular weight is 355 g/mol. The van der Waals surface area contributed by atoms with E-state index in [1.807, 2.05) is 41.0 Å². The van der Waals surface area contributed by atoms with Crippen molar-refractivity contribution in [2.24, 2.45) is 13.0 Å². The minimum Gasteiger partial charge on any atom is -0.365 e. The van der Waals surface area contributed by atoms with E-state index in [0.29, 0.717) is 19.4 Å². The van der Waals surface area contributed by atoms with Crippen molar-refractivity contribution in [3.63, 3.8) is 0 Å². The van der Waals surface area contributed by atoms with Crippen LogP contribution in [-0.2, 0) is 23.1 Å². The third-order valence-electron chi connectivity index (χ3n) is 5.39. The lowest BCUT2D eigenvalue weighted by Gasteiger charge is -2.40. The smallest absolute Gasteiger partial charge is 0.225 e. The zero-order chi connectivity index (χ0) is 18.1. The molecule has 1 aliphatic carbocycles. The Balaban J connectivity index is 1.51. The standard InChI is InChI=1S/C19H25N5O2/c1-23-12-11-21-18(23)17-15(6-7-16(25)24(17)14-4-5-14)19(26)22-10-8-13-3-2-9-20-13/h2-3,9,11-12,14-15,17,20H,4-8,10H2,1H3,(H,22,26)/t15-,17-/m0/s1. The van der Waals surface area contributed by atoms with Crippen LogP contribution < -0.4 is 5.32 Å². The van der Waals surface area contributed by atoms with Gasteiger partial charge in [-0.05, 0) is 31.4 Å². The van der Waals surface area contributed by atoms with Gasteiger partial charge in [0.25, 0.3) is 0 Å². The first-order valence-corrected chi connectivity index (χ1v) is 9.33. The van der Waals surface area contributed by atoms with E-state index < -0.39 is 0 Å². The normalized spacial score (nSPS) is 23.3. The van der Waals surface area contributed by atoms with Crippen molar-refractivity contribution in [2.75, 3.05) is 6.54 Å². The van der Waals surface area contributed by atoms with Crippen LogP contribution in [0, 0.1) is 5.92 Å². The number of nitrogens with zero attached hydrogens (tertiary/aromatic N) is 3. The molecule has 0 spiro atoms. The lowest BCUT2D eigenvalue weighted by Crippen LogP contribution is -2.50. The van der Waals surface area contributed by atoms with Gasteiger partial charge in [0.15, 0.2) is 0 Å².